The van der Waals surface area contributed by atoms with Gasteiger partial charge in [0.25, 0.3) is 5.96 Å². The van der Waals surface area contributed by atoms with Crippen LogP contribution in [0.25, 0.3) is 6.08 Å². The van der Waals surface area contributed by atoms with Gasteiger partial charge < -0.3 is 5.32 Å². The standard InChI is InChI=1S/C17H16N4O/c1-18-17(20-22)21(15-5-3-2-4-6-15)16-8-7-13-9-10-19-12-14(13)11-16/h2-11,19H,12H2,1H3. The second kappa shape index (κ2) is 6.22. The monoisotopic (exact) mass is 292 g/mol. The van der Waals surface area contributed by atoms with Crippen LogP contribution < -0.4 is 10.2 Å². The van der Waals surface area contributed by atoms with Crippen LogP contribution >= 0.6 is 0 Å². The summed E-state index contributed by atoms with van der Waals surface area (Å²) in [6, 6.07) is 15.7. The van der Waals surface area contributed by atoms with Crippen molar-refractivity contribution in [1.29, 1.82) is 0 Å². The Bertz CT molecular complexity index is 738. The maximum atomic E-state index is 11.2. The van der Waals surface area contributed by atoms with E-state index in [1.807, 2.05) is 54.7 Å². The maximum absolute atomic E-state index is 11.2. The fourth-order valence-electron chi connectivity index (χ4n) is 2.50. The van der Waals surface area contributed by atoms with Crippen LogP contribution in [0.4, 0.5) is 11.4 Å². The van der Waals surface area contributed by atoms with E-state index in [2.05, 4.69) is 21.6 Å². The third kappa shape index (κ3) is 2.61. The van der Waals surface area contributed by atoms with Crippen molar-refractivity contribution in [3.63, 3.8) is 0 Å². The van der Waals surface area contributed by atoms with Crippen LogP contribution in [0.5, 0.6) is 0 Å². The average Bonchev–Trinajstić information content (AvgIpc) is 2.60. The highest BCUT2D eigenvalue weighted by Crippen LogP contribution is 2.29. The number of nitrogens with zero attached hydrogens (tertiary/aromatic N) is 3. The molecule has 3 rings (SSSR count). The van der Waals surface area contributed by atoms with Crippen molar-refractivity contribution < 1.29 is 0 Å². The molecule has 0 aliphatic carbocycles. The zero-order chi connectivity index (χ0) is 15.4. The molecule has 2 aromatic carbocycles. The number of aliphatic imine (C=N–C) groups is 1. The number of benzene rings is 2. The summed E-state index contributed by atoms with van der Waals surface area (Å²) in [5.41, 5.74) is 4.05. The Morgan fingerprint density at radius 1 is 1.14 bits per heavy atom. The SMILES string of the molecule is CN=C(N=O)N(c1ccccc1)c1ccc2c(c1)CNC=C2. The van der Waals surface area contributed by atoms with Gasteiger partial charge in [-0.25, -0.2) is 0 Å². The lowest BCUT2D eigenvalue weighted by Crippen LogP contribution is -2.24. The highest BCUT2D eigenvalue weighted by Gasteiger charge is 2.18. The van der Waals surface area contributed by atoms with Gasteiger partial charge in [0.2, 0.25) is 0 Å². The minimum absolute atomic E-state index is 0.130. The molecule has 2 aromatic rings. The number of hydrogen-bond donors (Lipinski definition) is 1. The second-order valence-electron chi connectivity index (χ2n) is 4.88. The van der Waals surface area contributed by atoms with Crippen LogP contribution in [0.1, 0.15) is 11.1 Å². The molecule has 5 heteroatoms. The summed E-state index contributed by atoms with van der Waals surface area (Å²) in [5.74, 6) is 0.130. The molecule has 0 spiro atoms. The zero-order valence-electron chi connectivity index (χ0n) is 12.2. The van der Waals surface area contributed by atoms with Crippen LogP contribution in [0.3, 0.4) is 0 Å². The number of rotatable bonds is 2. The van der Waals surface area contributed by atoms with E-state index in [4.69, 9.17) is 0 Å². The predicted molar refractivity (Wildman–Crippen MR) is 90.1 cm³/mol. The van der Waals surface area contributed by atoms with Crippen molar-refractivity contribution in [2.24, 2.45) is 10.2 Å². The predicted octanol–water partition coefficient (Wildman–Crippen LogP) is 3.65. The van der Waals surface area contributed by atoms with Gasteiger partial charge in [0.05, 0.1) is 0 Å². The molecule has 1 heterocycles. The summed E-state index contributed by atoms with van der Waals surface area (Å²) in [4.78, 5) is 16.9. The Morgan fingerprint density at radius 3 is 2.68 bits per heavy atom. The van der Waals surface area contributed by atoms with Gasteiger partial charge in [-0.2, -0.15) is 0 Å². The summed E-state index contributed by atoms with van der Waals surface area (Å²) >= 11 is 0. The number of anilines is 2. The number of fused-ring (bicyclic) bond motifs is 1. The van der Waals surface area contributed by atoms with Gasteiger partial charge in [0, 0.05) is 30.1 Å². The molecule has 22 heavy (non-hydrogen) atoms. The smallest absolute Gasteiger partial charge is 0.271 e. The molecule has 1 N–H and O–H groups in total. The van der Waals surface area contributed by atoms with E-state index in [1.54, 1.807) is 11.9 Å². The minimum Gasteiger partial charge on any atom is -0.387 e. The van der Waals surface area contributed by atoms with E-state index in [-0.39, 0.29) is 5.96 Å². The molecule has 0 saturated carbocycles. The molecular weight excluding hydrogens is 276 g/mol. The number of nitrogens with one attached hydrogen (secondary N) is 1. The third-order valence-corrected chi connectivity index (χ3v) is 3.55. The fourth-order valence-corrected chi connectivity index (χ4v) is 2.50. The van der Waals surface area contributed by atoms with Crippen LogP contribution in [0, 0.1) is 4.91 Å². The largest absolute Gasteiger partial charge is 0.387 e. The third-order valence-electron chi connectivity index (χ3n) is 3.55. The molecule has 0 fully saturated rings. The summed E-state index contributed by atoms with van der Waals surface area (Å²) in [6.45, 7) is 0.759. The van der Waals surface area contributed by atoms with Crippen LogP contribution in [0.15, 0.2) is 64.9 Å². The zero-order valence-corrected chi connectivity index (χ0v) is 12.2. The molecule has 0 amide bonds. The molecule has 110 valence electrons. The molecule has 5 nitrogen and oxygen atoms in total. The molecule has 0 aromatic heterocycles. The number of guanidine groups is 1. The Balaban J connectivity index is 2.10. The van der Waals surface area contributed by atoms with Gasteiger partial charge in [0.1, 0.15) is 0 Å². The lowest BCUT2D eigenvalue weighted by atomic mass is 10.0. The normalized spacial score (nSPS) is 13.2. The number of para-hydroxylation sites is 1. The first-order valence-corrected chi connectivity index (χ1v) is 7.01. The van der Waals surface area contributed by atoms with Gasteiger partial charge in [-0.1, -0.05) is 24.3 Å². The lowest BCUT2D eigenvalue weighted by Gasteiger charge is -2.24. The molecule has 1 aliphatic heterocycles. The number of hydrogen-bond acceptors (Lipinski definition) is 3. The molecule has 0 bridgehead atoms. The summed E-state index contributed by atoms with van der Waals surface area (Å²) in [6.07, 6.45) is 3.96. The van der Waals surface area contributed by atoms with Crippen molar-refractivity contribution in [1.82, 2.24) is 5.32 Å². The van der Waals surface area contributed by atoms with E-state index in [0.717, 1.165) is 17.9 Å². The minimum atomic E-state index is 0.130. The Labute approximate surface area is 129 Å². The Morgan fingerprint density at radius 2 is 1.95 bits per heavy atom. The molecule has 0 atom stereocenters. The van der Waals surface area contributed by atoms with Crippen LogP contribution in [-0.2, 0) is 6.54 Å². The van der Waals surface area contributed by atoms with Crippen LogP contribution in [0.2, 0.25) is 0 Å². The molecule has 0 saturated heterocycles. The van der Waals surface area contributed by atoms with E-state index >= 15 is 0 Å². The first-order valence-electron chi connectivity index (χ1n) is 7.01. The van der Waals surface area contributed by atoms with E-state index in [9.17, 15) is 4.91 Å². The van der Waals surface area contributed by atoms with Crippen molar-refractivity contribution in [2.75, 3.05) is 11.9 Å². The quantitative estimate of drug-likeness (QED) is 0.522. The number of nitroso groups, excluding NO2 is 1. The van der Waals surface area contributed by atoms with Crippen molar-refractivity contribution in [3.05, 3.63) is 70.8 Å². The van der Waals surface area contributed by atoms with Gasteiger partial charge in [0.15, 0.2) is 0 Å². The molecule has 0 radical (unpaired) electrons. The Kier molecular flexibility index (Phi) is 3.96. The fraction of sp³-hybridized carbons (Fsp3) is 0.118. The highest BCUT2D eigenvalue weighted by molar-refractivity contribution is 6.03. The van der Waals surface area contributed by atoms with Gasteiger partial charge in [-0.3, -0.25) is 9.89 Å². The average molecular weight is 292 g/mol. The molecule has 0 unspecified atom stereocenters. The summed E-state index contributed by atoms with van der Waals surface area (Å²) in [7, 11) is 1.56. The first-order chi connectivity index (χ1) is 10.8. The van der Waals surface area contributed by atoms with Gasteiger partial charge in [-0.15, -0.1) is 4.91 Å². The lowest BCUT2D eigenvalue weighted by molar-refractivity contribution is 0.859. The summed E-state index contributed by atoms with van der Waals surface area (Å²) in [5, 5.41) is 6.26. The van der Waals surface area contributed by atoms with Crippen molar-refractivity contribution >= 4 is 23.4 Å². The highest BCUT2D eigenvalue weighted by atomic mass is 16.3. The van der Waals surface area contributed by atoms with Gasteiger partial charge in [-0.05, 0) is 47.7 Å². The van der Waals surface area contributed by atoms with E-state index < -0.39 is 0 Å². The topological polar surface area (TPSA) is 57.1 Å². The molecule has 1 aliphatic rings. The van der Waals surface area contributed by atoms with E-state index in [0.29, 0.717) is 0 Å². The van der Waals surface area contributed by atoms with Crippen molar-refractivity contribution in [3.8, 4) is 0 Å². The van der Waals surface area contributed by atoms with E-state index in [1.165, 1.54) is 11.1 Å². The van der Waals surface area contributed by atoms with Crippen LogP contribution in [-0.4, -0.2) is 13.0 Å². The second-order valence-corrected chi connectivity index (χ2v) is 4.88. The van der Waals surface area contributed by atoms with Gasteiger partial charge >= 0.3 is 0 Å². The summed E-state index contributed by atoms with van der Waals surface area (Å²) < 4.78 is 0. The Hall–Kier alpha value is -2.95. The van der Waals surface area contributed by atoms with Crippen molar-refractivity contribution in [2.45, 2.75) is 6.54 Å². The first kappa shape index (κ1) is 14.0. The maximum Gasteiger partial charge on any atom is 0.271 e. The molecular formula is C17H16N4O.